The van der Waals surface area contributed by atoms with Gasteiger partial charge in [0.1, 0.15) is 0 Å². The van der Waals surface area contributed by atoms with Crippen LogP contribution in [-0.2, 0) is 5.41 Å². The Morgan fingerprint density at radius 2 is 1.86 bits per heavy atom. The Bertz CT molecular complexity index is 453. The number of halogens is 2. The summed E-state index contributed by atoms with van der Waals surface area (Å²) in [7, 11) is 2.03. The number of nitrogens with one attached hydrogen (secondary N) is 1. The smallest absolute Gasteiger partial charge is 0.0595 e. The second-order valence-corrected chi connectivity index (χ2v) is 7.49. The zero-order valence-electron chi connectivity index (χ0n) is 13.2. The van der Waals surface area contributed by atoms with Crippen molar-refractivity contribution in [1.29, 1.82) is 0 Å². The summed E-state index contributed by atoms with van der Waals surface area (Å²) in [5, 5.41) is 4.62. The van der Waals surface area contributed by atoms with Crippen molar-refractivity contribution in [2.24, 2.45) is 5.92 Å². The molecular formula is C18H27Cl2N. The average Bonchev–Trinajstić information content (AvgIpc) is 2.49. The van der Waals surface area contributed by atoms with Gasteiger partial charge in [-0.25, -0.2) is 0 Å². The van der Waals surface area contributed by atoms with Crippen molar-refractivity contribution in [2.45, 2.75) is 57.3 Å². The Balaban J connectivity index is 2.21. The predicted octanol–water partition coefficient (Wildman–Crippen LogP) is 5.83. The second kappa shape index (κ2) is 7.85. The Kier molecular flexibility index (Phi) is 6.40. The normalized spacial score (nSPS) is 19.4. The van der Waals surface area contributed by atoms with Crippen molar-refractivity contribution in [2.75, 3.05) is 13.6 Å². The predicted molar refractivity (Wildman–Crippen MR) is 93.5 cm³/mol. The van der Waals surface area contributed by atoms with Gasteiger partial charge < -0.3 is 5.32 Å². The molecule has 3 heteroatoms. The van der Waals surface area contributed by atoms with E-state index in [1.54, 1.807) is 0 Å². The van der Waals surface area contributed by atoms with Crippen LogP contribution in [0.1, 0.15) is 57.4 Å². The van der Waals surface area contributed by atoms with E-state index in [1.807, 2.05) is 13.1 Å². The van der Waals surface area contributed by atoms with Gasteiger partial charge in [0.25, 0.3) is 0 Å². The van der Waals surface area contributed by atoms with Crippen LogP contribution in [0.3, 0.4) is 0 Å². The van der Waals surface area contributed by atoms with E-state index in [1.165, 1.54) is 50.5 Å². The molecule has 1 aromatic rings. The summed E-state index contributed by atoms with van der Waals surface area (Å²) in [5.74, 6) is 0.727. The maximum absolute atomic E-state index is 6.27. The molecule has 0 aliphatic heterocycles. The first-order valence-corrected chi connectivity index (χ1v) is 8.93. The molecule has 1 unspecified atom stereocenters. The molecular weight excluding hydrogens is 301 g/mol. The van der Waals surface area contributed by atoms with Gasteiger partial charge in [0.15, 0.2) is 0 Å². The first-order chi connectivity index (χ1) is 10.1. The second-order valence-electron chi connectivity index (χ2n) is 6.67. The minimum absolute atomic E-state index is 0.305. The summed E-state index contributed by atoms with van der Waals surface area (Å²) in [6.45, 7) is 3.48. The summed E-state index contributed by atoms with van der Waals surface area (Å²) in [6.07, 6.45) is 9.10. The van der Waals surface area contributed by atoms with E-state index in [0.29, 0.717) is 15.5 Å². The lowest BCUT2D eigenvalue weighted by atomic mass is 9.65. The fourth-order valence-electron chi connectivity index (χ4n) is 3.83. The lowest BCUT2D eigenvalue weighted by molar-refractivity contribution is 0.233. The molecule has 0 radical (unpaired) electrons. The van der Waals surface area contributed by atoms with Crippen molar-refractivity contribution >= 4 is 23.2 Å². The third-order valence-electron chi connectivity index (χ3n) is 4.97. The molecule has 1 aromatic carbocycles. The van der Waals surface area contributed by atoms with E-state index >= 15 is 0 Å². The largest absolute Gasteiger partial charge is 0.320 e. The van der Waals surface area contributed by atoms with Gasteiger partial charge >= 0.3 is 0 Å². The van der Waals surface area contributed by atoms with Crippen molar-refractivity contribution in [3.8, 4) is 0 Å². The molecule has 0 aromatic heterocycles. The van der Waals surface area contributed by atoms with Crippen LogP contribution in [0.5, 0.6) is 0 Å². The summed E-state index contributed by atoms with van der Waals surface area (Å²) in [6, 6.07) is 6.28. The van der Waals surface area contributed by atoms with Crippen LogP contribution >= 0.6 is 23.2 Å². The van der Waals surface area contributed by atoms with Crippen molar-refractivity contribution < 1.29 is 0 Å². The van der Waals surface area contributed by atoms with Crippen LogP contribution in [0.4, 0.5) is 0 Å². The van der Waals surface area contributed by atoms with Crippen molar-refractivity contribution in [1.82, 2.24) is 5.32 Å². The molecule has 1 aliphatic rings. The zero-order chi connectivity index (χ0) is 15.3. The van der Waals surface area contributed by atoms with Crippen molar-refractivity contribution in [3.05, 3.63) is 33.8 Å². The van der Waals surface area contributed by atoms with Gasteiger partial charge in [-0.3, -0.25) is 0 Å². The molecule has 2 rings (SSSR count). The number of rotatable bonds is 6. The molecule has 1 aliphatic carbocycles. The van der Waals surface area contributed by atoms with Crippen LogP contribution < -0.4 is 5.32 Å². The monoisotopic (exact) mass is 327 g/mol. The SMILES string of the molecule is CNCCC(C)CC1(c2ccc(Cl)c(Cl)c2)CCCCC1. The highest BCUT2D eigenvalue weighted by Gasteiger charge is 2.35. The summed E-state index contributed by atoms with van der Waals surface area (Å²) in [5.41, 5.74) is 1.70. The molecule has 1 fully saturated rings. The number of hydrogen-bond donors (Lipinski definition) is 1. The van der Waals surface area contributed by atoms with Crippen LogP contribution in [0.25, 0.3) is 0 Å². The van der Waals surface area contributed by atoms with Crippen molar-refractivity contribution in [3.63, 3.8) is 0 Å². The minimum atomic E-state index is 0.305. The average molecular weight is 328 g/mol. The van der Waals surface area contributed by atoms with Gasteiger partial charge in [-0.1, -0.05) is 55.5 Å². The molecule has 118 valence electrons. The summed E-state index contributed by atoms with van der Waals surface area (Å²) in [4.78, 5) is 0. The van der Waals surface area contributed by atoms with Crippen LogP contribution in [0.15, 0.2) is 18.2 Å². The number of hydrogen-bond acceptors (Lipinski definition) is 1. The van der Waals surface area contributed by atoms with E-state index in [9.17, 15) is 0 Å². The quantitative estimate of drug-likeness (QED) is 0.692. The van der Waals surface area contributed by atoms with E-state index in [2.05, 4.69) is 24.4 Å². The Morgan fingerprint density at radius 3 is 2.48 bits per heavy atom. The highest BCUT2D eigenvalue weighted by molar-refractivity contribution is 6.42. The highest BCUT2D eigenvalue weighted by Crippen LogP contribution is 2.45. The topological polar surface area (TPSA) is 12.0 Å². The van der Waals surface area contributed by atoms with E-state index < -0.39 is 0 Å². The van der Waals surface area contributed by atoms with Crippen LogP contribution in [0.2, 0.25) is 10.0 Å². The maximum Gasteiger partial charge on any atom is 0.0595 e. The molecule has 0 spiro atoms. The van der Waals surface area contributed by atoms with Gasteiger partial charge in [-0.05, 0) is 68.3 Å². The van der Waals surface area contributed by atoms with Gasteiger partial charge in [-0.15, -0.1) is 0 Å². The molecule has 1 N–H and O–H groups in total. The standard InChI is InChI=1S/C18H27Cl2N/c1-14(8-11-21-2)13-18(9-4-3-5-10-18)15-6-7-16(19)17(20)12-15/h6-7,12,14,21H,3-5,8-11,13H2,1-2H3. The van der Waals surface area contributed by atoms with Gasteiger partial charge in [0, 0.05) is 0 Å². The highest BCUT2D eigenvalue weighted by atomic mass is 35.5. The molecule has 0 bridgehead atoms. The molecule has 21 heavy (non-hydrogen) atoms. The zero-order valence-corrected chi connectivity index (χ0v) is 14.7. The lowest BCUT2D eigenvalue weighted by Gasteiger charge is -2.40. The summed E-state index contributed by atoms with van der Waals surface area (Å²) < 4.78 is 0. The fourth-order valence-corrected chi connectivity index (χ4v) is 4.12. The molecule has 1 saturated carbocycles. The van der Waals surface area contributed by atoms with E-state index in [0.717, 1.165) is 12.5 Å². The van der Waals surface area contributed by atoms with E-state index in [4.69, 9.17) is 23.2 Å². The molecule has 0 amide bonds. The minimum Gasteiger partial charge on any atom is -0.320 e. The summed E-state index contributed by atoms with van der Waals surface area (Å²) >= 11 is 12.4. The molecule has 0 heterocycles. The van der Waals surface area contributed by atoms with Crippen LogP contribution in [0, 0.1) is 5.92 Å². The Morgan fingerprint density at radius 1 is 1.14 bits per heavy atom. The Labute approximate surface area is 139 Å². The first-order valence-electron chi connectivity index (χ1n) is 8.17. The van der Waals surface area contributed by atoms with Gasteiger partial charge in [0.05, 0.1) is 10.0 Å². The fraction of sp³-hybridized carbons (Fsp3) is 0.667. The lowest BCUT2D eigenvalue weighted by Crippen LogP contribution is -2.32. The molecule has 1 atom stereocenters. The Hall–Kier alpha value is -0.240. The van der Waals surface area contributed by atoms with Crippen LogP contribution in [-0.4, -0.2) is 13.6 Å². The first kappa shape index (κ1) is 17.1. The third kappa shape index (κ3) is 4.37. The van der Waals surface area contributed by atoms with E-state index in [-0.39, 0.29) is 0 Å². The van der Waals surface area contributed by atoms with Gasteiger partial charge in [-0.2, -0.15) is 0 Å². The molecule has 1 nitrogen and oxygen atoms in total. The third-order valence-corrected chi connectivity index (χ3v) is 5.71. The van der Waals surface area contributed by atoms with Gasteiger partial charge in [0.2, 0.25) is 0 Å². The maximum atomic E-state index is 6.27. The number of benzene rings is 1. The molecule has 0 saturated heterocycles.